The Morgan fingerprint density at radius 1 is 0.900 bits per heavy atom. The van der Waals surface area contributed by atoms with E-state index in [0.29, 0.717) is 0 Å². The number of hydrogen-bond acceptors (Lipinski definition) is 3. The van der Waals surface area contributed by atoms with Crippen molar-refractivity contribution >= 4 is 27.3 Å². The van der Waals surface area contributed by atoms with Gasteiger partial charge in [0.2, 0.25) is 0 Å². The Morgan fingerprint density at radius 3 is 1.60 bits per heavy atom. The first-order valence-electron chi connectivity index (χ1n) is 2.41. The first kappa shape index (κ1) is 9.54. The Bertz CT molecular complexity index is 204. The van der Waals surface area contributed by atoms with Gasteiger partial charge in [-0.25, -0.2) is 0 Å². The van der Waals surface area contributed by atoms with Crippen LogP contribution >= 0.6 is 0 Å². The van der Waals surface area contributed by atoms with Gasteiger partial charge in [-0.1, -0.05) is 6.07 Å². The molecule has 3 nitrogen and oxygen atoms in total. The first-order valence-corrected chi connectivity index (χ1v) is 2.41. The summed E-state index contributed by atoms with van der Waals surface area (Å²) in [5.41, 5.74) is 0. The van der Waals surface area contributed by atoms with Gasteiger partial charge in [0.1, 0.15) is 0 Å². The molecule has 0 fully saturated rings. The molecule has 0 bridgehead atoms. The predicted octanol–water partition coefficient (Wildman–Crippen LogP) is -0.113. The number of hydrogen-bond donors (Lipinski definition) is 3. The molecule has 1 rings (SSSR count). The molecule has 2 radical (unpaired) electrons. The van der Waals surface area contributed by atoms with E-state index in [2.05, 4.69) is 0 Å². The molecule has 0 unspecified atom stereocenters. The molecule has 54 valence electrons. The van der Waals surface area contributed by atoms with E-state index in [-0.39, 0.29) is 38.8 Å². The molecule has 0 atom stereocenters. The molecule has 0 amide bonds. The van der Waals surface area contributed by atoms with Crippen LogP contribution in [0.3, 0.4) is 0 Å². The van der Waals surface area contributed by atoms with Gasteiger partial charge < -0.3 is 15.3 Å². The average molecular weight is 335 g/mol. The molecule has 3 N–H and O–H groups in total. The van der Waals surface area contributed by atoms with Gasteiger partial charge in [-0.15, -0.1) is 0 Å². The Hall–Kier alpha value is -0.458. The minimum atomic E-state index is -0.475. The third-order valence-electron chi connectivity index (χ3n) is 0.993. The van der Waals surface area contributed by atoms with E-state index in [4.69, 9.17) is 15.3 Å². The van der Waals surface area contributed by atoms with Crippen LogP contribution in [0, 0.1) is 0 Å². The van der Waals surface area contributed by atoms with Gasteiger partial charge in [0.05, 0.1) is 0 Å². The monoisotopic (exact) mass is 336 g/mol. The van der Waals surface area contributed by atoms with Gasteiger partial charge in [-0.3, -0.25) is 0 Å². The van der Waals surface area contributed by atoms with Crippen LogP contribution in [0.15, 0.2) is 18.2 Å². The van der Waals surface area contributed by atoms with Crippen molar-refractivity contribution in [3.8, 4) is 17.2 Å². The molecule has 0 saturated carbocycles. The number of aromatic hydroxyl groups is 3. The van der Waals surface area contributed by atoms with Gasteiger partial charge in [0.15, 0.2) is 17.2 Å². The van der Waals surface area contributed by atoms with E-state index in [1.165, 1.54) is 18.2 Å². The zero-order valence-electron chi connectivity index (χ0n) is 5.28. The van der Waals surface area contributed by atoms with Crippen molar-refractivity contribution in [2.75, 3.05) is 0 Å². The normalized spacial score (nSPS) is 8.40. The van der Waals surface area contributed by atoms with Crippen LogP contribution in [0.4, 0.5) is 0 Å². The van der Waals surface area contributed by atoms with Crippen LogP contribution in [0.5, 0.6) is 17.2 Å². The molecule has 1 aromatic rings. The summed E-state index contributed by atoms with van der Waals surface area (Å²) in [6.45, 7) is 0. The summed E-state index contributed by atoms with van der Waals surface area (Å²) in [5.74, 6) is -1.09. The zero-order chi connectivity index (χ0) is 6.85. The second-order valence-corrected chi connectivity index (χ2v) is 1.64. The molecule has 4 heteroatoms. The first-order chi connectivity index (χ1) is 4.22. The van der Waals surface area contributed by atoms with Crippen molar-refractivity contribution in [3.63, 3.8) is 0 Å². The molecule has 0 spiro atoms. The number of benzene rings is 1. The molecule has 1 aromatic carbocycles. The van der Waals surface area contributed by atoms with Crippen LogP contribution in [-0.4, -0.2) is 42.6 Å². The van der Waals surface area contributed by atoms with Crippen molar-refractivity contribution in [3.05, 3.63) is 18.2 Å². The Morgan fingerprint density at radius 2 is 1.30 bits per heavy atom. The number of para-hydroxylation sites is 1. The number of rotatable bonds is 0. The number of phenols is 3. The Labute approximate surface area is 78.1 Å². The molecule has 0 heterocycles. The van der Waals surface area contributed by atoms with Crippen LogP contribution in [0.25, 0.3) is 0 Å². The molecular weight excluding hydrogens is 327 g/mol. The van der Waals surface area contributed by atoms with Gasteiger partial charge in [-0.2, -0.15) is 0 Å². The molecule has 0 aromatic heterocycles. The fourth-order valence-corrected chi connectivity index (χ4v) is 0.519. The van der Waals surface area contributed by atoms with Gasteiger partial charge in [-0.05, 0) is 12.1 Å². The summed E-state index contributed by atoms with van der Waals surface area (Å²) in [4.78, 5) is 0. The van der Waals surface area contributed by atoms with Crippen LogP contribution in [-0.2, 0) is 0 Å². The van der Waals surface area contributed by atoms with E-state index in [0.717, 1.165) is 0 Å². The molecular formula is C6H8O3Pb. The molecule has 0 saturated heterocycles. The van der Waals surface area contributed by atoms with Gasteiger partial charge in [0.25, 0.3) is 0 Å². The molecule has 0 aliphatic rings. The zero-order valence-corrected chi connectivity index (χ0v) is 10.8. The van der Waals surface area contributed by atoms with E-state index >= 15 is 0 Å². The summed E-state index contributed by atoms with van der Waals surface area (Å²) in [6.07, 6.45) is 0. The summed E-state index contributed by atoms with van der Waals surface area (Å²) >= 11 is 0. The third-order valence-corrected chi connectivity index (χ3v) is 0.993. The van der Waals surface area contributed by atoms with Gasteiger partial charge >= 0.3 is 27.3 Å². The van der Waals surface area contributed by atoms with Crippen LogP contribution < -0.4 is 0 Å². The molecule has 10 heavy (non-hydrogen) atoms. The average Bonchev–Trinajstić information content (AvgIpc) is 1.83. The third kappa shape index (κ3) is 1.76. The van der Waals surface area contributed by atoms with Crippen molar-refractivity contribution in [2.24, 2.45) is 0 Å². The van der Waals surface area contributed by atoms with Crippen molar-refractivity contribution in [1.82, 2.24) is 0 Å². The van der Waals surface area contributed by atoms with E-state index < -0.39 is 5.75 Å². The van der Waals surface area contributed by atoms with Crippen molar-refractivity contribution < 1.29 is 15.3 Å². The minimum absolute atomic E-state index is 0. The fourth-order valence-electron chi connectivity index (χ4n) is 0.519. The topological polar surface area (TPSA) is 60.7 Å². The van der Waals surface area contributed by atoms with E-state index in [1.807, 2.05) is 0 Å². The summed E-state index contributed by atoms with van der Waals surface area (Å²) < 4.78 is 0. The standard InChI is InChI=1S/C6H6O3.Pb.2H/c7-4-2-1-3-5(8)6(4)9;;;/h1-3,7-9H;;;. The fraction of sp³-hybridized carbons (Fsp3) is 0. The molecule has 0 aliphatic carbocycles. The van der Waals surface area contributed by atoms with E-state index in [1.54, 1.807) is 0 Å². The van der Waals surface area contributed by atoms with E-state index in [9.17, 15) is 0 Å². The Balaban J connectivity index is 0.000000810. The summed E-state index contributed by atoms with van der Waals surface area (Å²) in [7, 11) is 0. The maximum atomic E-state index is 8.71. The van der Waals surface area contributed by atoms with Crippen LogP contribution in [0.1, 0.15) is 0 Å². The predicted molar refractivity (Wildman–Crippen MR) is 40.0 cm³/mol. The summed E-state index contributed by atoms with van der Waals surface area (Å²) in [5, 5.41) is 26.1. The maximum absolute atomic E-state index is 8.71. The van der Waals surface area contributed by atoms with Crippen molar-refractivity contribution in [2.45, 2.75) is 0 Å². The van der Waals surface area contributed by atoms with Crippen LogP contribution in [0.2, 0.25) is 0 Å². The van der Waals surface area contributed by atoms with Crippen molar-refractivity contribution in [1.29, 1.82) is 0 Å². The second kappa shape index (κ2) is 3.65. The number of phenolic OH excluding ortho intramolecular Hbond substituents is 3. The SMILES string of the molecule is Oc1cccc(O)c1O.[PbH2]. The van der Waals surface area contributed by atoms with Gasteiger partial charge in [0, 0.05) is 0 Å². The second-order valence-electron chi connectivity index (χ2n) is 1.64. The molecule has 0 aliphatic heterocycles. The quantitative estimate of drug-likeness (QED) is 0.458. The summed E-state index contributed by atoms with van der Waals surface area (Å²) in [6, 6.07) is 4.01. The Kier molecular flexibility index (Phi) is 3.48.